The van der Waals surface area contributed by atoms with Crippen molar-refractivity contribution in [2.75, 3.05) is 0 Å². The van der Waals surface area contributed by atoms with Crippen LogP contribution < -0.4 is 5.56 Å². The SMILES string of the molecule is Cc1c(Sc2ccc(Cl)cc2)nn(-c2ccccc2)c(=O)c1C#N. The van der Waals surface area contributed by atoms with Crippen LogP contribution in [-0.2, 0) is 0 Å². The lowest BCUT2D eigenvalue weighted by molar-refractivity contribution is 0.739. The minimum absolute atomic E-state index is 0.102. The summed E-state index contributed by atoms with van der Waals surface area (Å²) < 4.78 is 1.27. The van der Waals surface area contributed by atoms with Crippen LogP contribution >= 0.6 is 23.4 Å². The molecule has 0 aliphatic carbocycles. The lowest BCUT2D eigenvalue weighted by atomic mass is 10.2. The molecule has 0 aliphatic rings. The molecular formula is C18H12ClN3OS. The van der Waals surface area contributed by atoms with E-state index in [4.69, 9.17) is 11.6 Å². The number of nitriles is 1. The minimum Gasteiger partial charge on any atom is -0.266 e. The molecule has 3 aromatic rings. The summed E-state index contributed by atoms with van der Waals surface area (Å²) in [5.74, 6) is 0. The van der Waals surface area contributed by atoms with Crippen LogP contribution in [0.2, 0.25) is 5.02 Å². The Kier molecular flexibility index (Phi) is 4.70. The summed E-state index contributed by atoms with van der Waals surface area (Å²) in [6, 6.07) is 18.4. The number of nitrogens with zero attached hydrogens (tertiary/aromatic N) is 3. The Balaban J connectivity index is 2.14. The molecule has 4 nitrogen and oxygen atoms in total. The van der Waals surface area contributed by atoms with Gasteiger partial charge in [-0.15, -0.1) is 0 Å². The molecule has 0 saturated carbocycles. The molecule has 0 bridgehead atoms. The Morgan fingerprint density at radius 3 is 2.42 bits per heavy atom. The van der Waals surface area contributed by atoms with Crippen molar-refractivity contribution >= 4 is 23.4 Å². The summed E-state index contributed by atoms with van der Waals surface area (Å²) in [5, 5.41) is 15.1. The van der Waals surface area contributed by atoms with Crippen LogP contribution in [0.1, 0.15) is 11.1 Å². The van der Waals surface area contributed by atoms with E-state index < -0.39 is 5.56 Å². The average Bonchev–Trinajstić information content (AvgIpc) is 2.60. The maximum Gasteiger partial charge on any atom is 0.289 e. The molecule has 24 heavy (non-hydrogen) atoms. The molecule has 0 atom stereocenters. The first-order valence-electron chi connectivity index (χ1n) is 7.13. The lowest BCUT2D eigenvalue weighted by Gasteiger charge is -2.11. The second kappa shape index (κ2) is 6.91. The van der Waals surface area contributed by atoms with Crippen molar-refractivity contribution < 1.29 is 0 Å². The molecule has 2 aromatic carbocycles. The predicted molar refractivity (Wildman–Crippen MR) is 94.9 cm³/mol. The van der Waals surface area contributed by atoms with Crippen molar-refractivity contribution in [1.82, 2.24) is 9.78 Å². The fraction of sp³-hybridized carbons (Fsp3) is 0.0556. The van der Waals surface area contributed by atoms with E-state index in [2.05, 4.69) is 5.10 Å². The van der Waals surface area contributed by atoms with Gasteiger partial charge in [0.1, 0.15) is 16.7 Å². The van der Waals surface area contributed by atoms with Gasteiger partial charge in [-0.2, -0.15) is 15.0 Å². The molecule has 6 heteroatoms. The normalized spacial score (nSPS) is 10.4. The first-order chi connectivity index (χ1) is 11.6. The first-order valence-corrected chi connectivity index (χ1v) is 8.32. The van der Waals surface area contributed by atoms with Crippen molar-refractivity contribution in [1.29, 1.82) is 5.26 Å². The maximum absolute atomic E-state index is 12.5. The van der Waals surface area contributed by atoms with Crippen LogP contribution in [0.4, 0.5) is 0 Å². The first kappa shape index (κ1) is 16.3. The quantitative estimate of drug-likeness (QED) is 0.707. The molecular weight excluding hydrogens is 342 g/mol. The molecule has 1 aromatic heterocycles. The van der Waals surface area contributed by atoms with E-state index in [-0.39, 0.29) is 5.56 Å². The number of para-hydroxylation sites is 1. The van der Waals surface area contributed by atoms with E-state index in [0.29, 0.717) is 21.3 Å². The van der Waals surface area contributed by atoms with Crippen molar-refractivity contribution in [3.8, 4) is 11.8 Å². The van der Waals surface area contributed by atoms with Crippen LogP contribution in [0, 0.1) is 18.3 Å². The topological polar surface area (TPSA) is 58.7 Å². The molecule has 0 fully saturated rings. The third-order valence-corrected chi connectivity index (χ3v) is 4.77. The van der Waals surface area contributed by atoms with Gasteiger partial charge in [-0.05, 0) is 43.3 Å². The van der Waals surface area contributed by atoms with Crippen LogP contribution in [0.5, 0.6) is 0 Å². The van der Waals surface area contributed by atoms with Gasteiger partial charge in [0, 0.05) is 15.5 Å². The van der Waals surface area contributed by atoms with E-state index >= 15 is 0 Å². The van der Waals surface area contributed by atoms with Gasteiger partial charge >= 0.3 is 0 Å². The number of benzene rings is 2. The predicted octanol–water partition coefficient (Wildman–Crippen LogP) is 4.22. The molecule has 1 heterocycles. The lowest BCUT2D eigenvalue weighted by Crippen LogP contribution is -2.25. The van der Waals surface area contributed by atoms with Crippen molar-refractivity contribution in [2.45, 2.75) is 16.8 Å². The molecule has 0 amide bonds. The monoisotopic (exact) mass is 353 g/mol. The zero-order chi connectivity index (χ0) is 17.1. The second-order valence-electron chi connectivity index (χ2n) is 5.03. The van der Waals surface area contributed by atoms with E-state index in [1.807, 2.05) is 36.4 Å². The maximum atomic E-state index is 12.5. The van der Waals surface area contributed by atoms with Gasteiger partial charge in [0.25, 0.3) is 5.56 Å². The summed E-state index contributed by atoms with van der Waals surface area (Å²) in [6.07, 6.45) is 0. The standard InChI is InChI=1S/C18H12ClN3OS/c1-12-16(11-20)18(23)22(14-5-3-2-4-6-14)21-17(12)24-15-9-7-13(19)8-10-15/h2-10H,1H3. The number of aromatic nitrogens is 2. The largest absolute Gasteiger partial charge is 0.289 e. The van der Waals surface area contributed by atoms with E-state index in [9.17, 15) is 10.1 Å². The summed E-state index contributed by atoms with van der Waals surface area (Å²) in [6.45, 7) is 1.74. The van der Waals surface area contributed by atoms with Crippen LogP contribution in [-0.4, -0.2) is 9.78 Å². The Morgan fingerprint density at radius 2 is 1.79 bits per heavy atom. The third kappa shape index (κ3) is 3.21. The zero-order valence-corrected chi connectivity index (χ0v) is 14.3. The molecule has 0 aliphatic heterocycles. The van der Waals surface area contributed by atoms with Gasteiger partial charge in [-0.1, -0.05) is 41.6 Å². The number of hydrogen-bond donors (Lipinski definition) is 0. The molecule has 118 valence electrons. The van der Waals surface area contributed by atoms with Crippen LogP contribution in [0.3, 0.4) is 0 Å². The molecule has 0 radical (unpaired) electrons. The van der Waals surface area contributed by atoms with Gasteiger partial charge in [0.05, 0.1) is 5.69 Å². The van der Waals surface area contributed by atoms with Crippen molar-refractivity contribution in [3.63, 3.8) is 0 Å². The summed E-state index contributed by atoms with van der Waals surface area (Å²) in [5.41, 5.74) is 0.888. The fourth-order valence-corrected chi connectivity index (χ4v) is 3.17. The second-order valence-corrected chi connectivity index (χ2v) is 6.52. The van der Waals surface area contributed by atoms with Gasteiger partial charge in [-0.3, -0.25) is 4.79 Å². The Labute approximate surface area is 148 Å². The highest BCUT2D eigenvalue weighted by molar-refractivity contribution is 7.99. The Bertz CT molecular complexity index is 976. The summed E-state index contributed by atoms with van der Waals surface area (Å²) in [7, 11) is 0. The van der Waals surface area contributed by atoms with Gasteiger partial charge in [0.15, 0.2) is 0 Å². The van der Waals surface area contributed by atoms with Crippen LogP contribution in [0.15, 0.2) is 69.3 Å². The van der Waals surface area contributed by atoms with Gasteiger partial charge < -0.3 is 0 Å². The Hall–Kier alpha value is -2.55. The minimum atomic E-state index is -0.415. The molecule has 0 saturated heterocycles. The molecule has 0 N–H and O–H groups in total. The van der Waals surface area contributed by atoms with Crippen molar-refractivity contribution in [3.05, 3.63) is 81.1 Å². The highest BCUT2D eigenvalue weighted by atomic mass is 35.5. The van der Waals surface area contributed by atoms with Crippen LogP contribution in [0.25, 0.3) is 5.69 Å². The van der Waals surface area contributed by atoms with Gasteiger partial charge in [0.2, 0.25) is 0 Å². The molecule has 0 spiro atoms. The number of rotatable bonds is 3. The van der Waals surface area contributed by atoms with Gasteiger partial charge in [-0.25, -0.2) is 0 Å². The average molecular weight is 354 g/mol. The van der Waals surface area contributed by atoms with E-state index in [1.54, 1.807) is 31.2 Å². The summed E-state index contributed by atoms with van der Waals surface area (Å²) >= 11 is 7.30. The highest BCUT2D eigenvalue weighted by Crippen LogP contribution is 2.30. The number of halogens is 1. The highest BCUT2D eigenvalue weighted by Gasteiger charge is 2.16. The fourth-order valence-electron chi connectivity index (χ4n) is 2.17. The van der Waals surface area contributed by atoms with E-state index in [1.165, 1.54) is 16.4 Å². The number of hydrogen-bond acceptors (Lipinski definition) is 4. The van der Waals surface area contributed by atoms with Crippen molar-refractivity contribution in [2.24, 2.45) is 0 Å². The smallest absolute Gasteiger partial charge is 0.266 e. The Morgan fingerprint density at radius 1 is 1.12 bits per heavy atom. The van der Waals surface area contributed by atoms with E-state index in [0.717, 1.165) is 4.90 Å². The third-order valence-electron chi connectivity index (χ3n) is 3.43. The zero-order valence-electron chi connectivity index (χ0n) is 12.7. The summed E-state index contributed by atoms with van der Waals surface area (Å²) in [4.78, 5) is 13.4. The molecule has 0 unspecified atom stereocenters. The molecule has 3 rings (SSSR count).